The van der Waals surface area contributed by atoms with Gasteiger partial charge in [0.1, 0.15) is 11.6 Å². The van der Waals surface area contributed by atoms with Crippen LogP contribution >= 0.6 is 23.4 Å². The van der Waals surface area contributed by atoms with Gasteiger partial charge in [-0.1, -0.05) is 23.4 Å². The van der Waals surface area contributed by atoms with Gasteiger partial charge in [0.15, 0.2) is 11.0 Å². The van der Waals surface area contributed by atoms with Gasteiger partial charge in [-0.15, -0.1) is 5.10 Å². The third-order valence-corrected chi connectivity index (χ3v) is 5.13. The van der Waals surface area contributed by atoms with E-state index in [-0.39, 0.29) is 16.7 Å². The summed E-state index contributed by atoms with van der Waals surface area (Å²) < 4.78 is 44.9. The average molecular weight is 494 g/mol. The van der Waals surface area contributed by atoms with Crippen molar-refractivity contribution in [3.63, 3.8) is 0 Å². The Labute approximate surface area is 194 Å². The minimum Gasteiger partial charge on any atom is -0.439 e. The molecular weight excluding hydrogens is 479 g/mol. The van der Waals surface area contributed by atoms with E-state index in [9.17, 15) is 13.2 Å². The fourth-order valence-electron chi connectivity index (χ4n) is 2.76. The minimum atomic E-state index is -4.57. The molecule has 170 valence electrons. The molecule has 0 aliphatic rings. The van der Waals surface area contributed by atoms with Crippen molar-refractivity contribution in [2.45, 2.75) is 11.3 Å². The molecule has 13 heteroatoms. The molecule has 0 fully saturated rings. The van der Waals surface area contributed by atoms with Crippen LogP contribution in [0.5, 0.6) is 11.6 Å². The highest BCUT2D eigenvalue weighted by molar-refractivity contribution is 7.98. The van der Waals surface area contributed by atoms with Crippen LogP contribution in [0.4, 0.5) is 30.6 Å². The second kappa shape index (κ2) is 9.16. The zero-order chi connectivity index (χ0) is 23.6. The molecule has 4 rings (SSSR count). The molecule has 0 amide bonds. The van der Waals surface area contributed by atoms with Crippen molar-refractivity contribution in [2.75, 3.05) is 17.3 Å². The zero-order valence-corrected chi connectivity index (χ0v) is 18.4. The fraction of sp³-hybridized carbons (Fsp3) is 0.100. The van der Waals surface area contributed by atoms with Crippen LogP contribution in [0, 0.1) is 0 Å². The molecule has 33 heavy (non-hydrogen) atoms. The molecule has 0 saturated heterocycles. The smallest absolute Gasteiger partial charge is 0.417 e. The largest absolute Gasteiger partial charge is 0.439 e. The molecule has 0 aliphatic carbocycles. The lowest BCUT2D eigenvalue weighted by atomic mass is 10.2. The maximum absolute atomic E-state index is 13.0. The van der Waals surface area contributed by atoms with Gasteiger partial charge in [-0.3, -0.25) is 5.10 Å². The molecule has 0 saturated carbocycles. The number of aromatic nitrogens is 5. The SMILES string of the molecule is CSc1nc(N)cc(Oc2ccc(-c3nc(Nc4ccc(Cl)c(C(F)(F)F)c4)n[nH]3)cc2)n1. The number of H-pyrrole nitrogens is 1. The van der Waals surface area contributed by atoms with Gasteiger partial charge >= 0.3 is 6.18 Å². The molecule has 0 unspecified atom stereocenters. The molecule has 0 bridgehead atoms. The maximum atomic E-state index is 13.0. The summed E-state index contributed by atoms with van der Waals surface area (Å²) >= 11 is 6.99. The highest BCUT2D eigenvalue weighted by atomic mass is 35.5. The Hall–Kier alpha value is -3.51. The number of nitrogens with one attached hydrogen (secondary N) is 2. The summed E-state index contributed by atoms with van der Waals surface area (Å²) in [5, 5.41) is 9.57. The van der Waals surface area contributed by atoms with Gasteiger partial charge in [-0.25, -0.2) is 4.98 Å². The topological polar surface area (TPSA) is 115 Å². The first-order chi connectivity index (χ1) is 15.7. The predicted octanol–water partition coefficient (Wildman–Crippen LogP) is 5.77. The highest BCUT2D eigenvalue weighted by Crippen LogP contribution is 2.36. The second-order valence-corrected chi connectivity index (χ2v) is 7.75. The third kappa shape index (κ3) is 5.46. The molecule has 0 aliphatic heterocycles. The summed E-state index contributed by atoms with van der Waals surface area (Å²) in [6.45, 7) is 0. The second-order valence-electron chi connectivity index (χ2n) is 6.57. The van der Waals surface area contributed by atoms with Crippen LogP contribution in [-0.2, 0) is 6.18 Å². The molecule has 0 spiro atoms. The van der Waals surface area contributed by atoms with Gasteiger partial charge in [0.2, 0.25) is 11.8 Å². The number of thioether (sulfide) groups is 1. The zero-order valence-electron chi connectivity index (χ0n) is 16.8. The van der Waals surface area contributed by atoms with Crippen LogP contribution < -0.4 is 15.8 Å². The van der Waals surface area contributed by atoms with Crippen molar-refractivity contribution in [3.05, 3.63) is 59.1 Å². The van der Waals surface area contributed by atoms with E-state index in [0.29, 0.717) is 34.0 Å². The average Bonchev–Trinajstić information content (AvgIpc) is 3.23. The number of nitrogens with zero attached hydrogens (tertiary/aromatic N) is 4. The minimum absolute atomic E-state index is 0.0989. The molecule has 4 aromatic rings. The van der Waals surface area contributed by atoms with Gasteiger partial charge in [0.05, 0.1) is 10.6 Å². The van der Waals surface area contributed by atoms with E-state index in [4.69, 9.17) is 22.1 Å². The molecule has 2 aromatic carbocycles. The summed E-state index contributed by atoms with van der Waals surface area (Å²) in [7, 11) is 0. The van der Waals surface area contributed by atoms with E-state index < -0.39 is 11.7 Å². The Balaban J connectivity index is 1.47. The van der Waals surface area contributed by atoms with Crippen molar-refractivity contribution in [1.82, 2.24) is 25.1 Å². The van der Waals surface area contributed by atoms with E-state index in [0.717, 1.165) is 12.1 Å². The van der Waals surface area contributed by atoms with Crippen LogP contribution in [-0.4, -0.2) is 31.4 Å². The van der Waals surface area contributed by atoms with E-state index in [1.807, 2.05) is 6.26 Å². The number of anilines is 3. The number of nitrogens with two attached hydrogens (primary N) is 1. The van der Waals surface area contributed by atoms with Gasteiger partial charge in [-0.2, -0.15) is 23.1 Å². The summed E-state index contributed by atoms with van der Waals surface area (Å²) in [5.41, 5.74) is 5.63. The summed E-state index contributed by atoms with van der Waals surface area (Å²) in [6.07, 6.45) is -2.74. The van der Waals surface area contributed by atoms with Crippen LogP contribution in [0.2, 0.25) is 5.02 Å². The Morgan fingerprint density at radius 2 is 1.82 bits per heavy atom. The molecule has 2 aromatic heterocycles. The van der Waals surface area contributed by atoms with Gasteiger partial charge < -0.3 is 15.8 Å². The Morgan fingerprint density at radius 3 is 2.52 bits per heavy atom. The quantitative estimate of drug-likeness (QED) is 0.229. The molecule has 2 heterocycles. The van der Waals surface area contributed by atoms with E-state index in [1.165, 1.54) is 23.9 Å². The lowest BCUT2D eigenvalue weighted by Crippen LogP contribution is -2.06. The number of rotatable bonds is 6. The fourth-order valence-corrected chi connectivity index (χ4v) is 3.36. The van der Waals surface area contributed by atoms with Gasteiger partial charge in [0, 0.05) is 17.3 Å². The number of aromatic amines is 1. The predicted molar refractivity (Wildman–Crippen MR) is 120 cm³/mol. The van der Waals surface area contributed by atoms with Crippen LogP contribution in [0.15, 0.2) is 53.7 Å². The van der Waals surface area contributed by atoms with Crippen LogP contribution in [0.1, 0.15) is 5.56 Å². The third-order valence-electron chi connectivity index (χ3n) is 4.25. The maximum Gasteiger partial charge on any atom is 0.417 e. The number of benzene rings is 2. The standard InChI is InChI=1S/C20H15ClF3N7OS/c1-33-19-27-15(25)9-16(28-19)32-12-5-2-10(3-6-12)17-29-18(31-30-17)26-11-4-7-14(21)13(8-11)20(22,23)24/h2-9H,1H3,(H2,25,27,28)(H2,26,29,30,31). The summed E-state index contributed by atoms with van der Waals surface area (Å²) in [5.74, 6) is 1.63. The molecule has 0 atom stereocenters. The van der Waals surface area contributed by atoms with Crippen molar-refractivity contribution < 1.29 is 17.9 Å². The number of halogens is 4. The van der Waals surface area contributed by atoms with Crippen molar-refractivity contribution >= 4 is 40.8 Å². The number of nitrogen functional groups attached to an aromatic ring is 1. The molecule has 8 nitrogen and oxygen atoms in total. The van der Waals surface area contributed by atoms with Gasteiger partial charge in [0.25, 0.3) is 0 Å². The number of hydrogen-bond acceptors (Lipinski definition) is 8. The lowest BCUT2D eigenvalue weighted by molar-refractivity contribution is -0.137. The first kappa shape index (κ1) is 22.7. The Morgan fingerprint density at radius 1 is 1.06 bits per heavy atom. The number of ether oxygens (including phenoxy) is 1. The summed E-state index contributed by atoms with van der Waals surface area (Å²) in [4.78, 5) is 12.6. The molecule has 0 radical (unpaired) electrons. The Bertz CT molecular complexity index is 1280. The normalized spacial score (nSPS) is 11.4. The van der Waals surface area contributed by atoms with E-state index in [1.54, 1.807) is 24.3 Å². The monoisotopic (exact) mass is 493 g/mol. The van der Waals surface area contributed by atoms with E-state index in [2.05, 4.69) is 30.5 Å². The highest BCUT2D eigenvalue weighted by Gasteiger charge is 2.33. The lowest BCUT2D eigenvalue weighted by Gasteiger charge is -2.10. The first-order valence-corrected chi connectivity index (χ1v) is 10.8. The summed E-state index contributed by atoms with van der Waals surface area (Å²) in [6, 6.07) is 11.9. The van der Waals surface area contributed by atoms with E-state index >= 15 is 0 Å². The van der Waals surface area contributed by atoms with Crippen LogP contribution in [0.3, 0.4) is 0 Å². The van der Waals surface area contributed by atoms with Crippen LogP contribution in [0.25, 0.3) is 11.4 Å². The van der Waals surface area contributed by atoms with Crippen molar-refractivity contribution in [3.8, 4) is 23.0 Å². The molecule has 4 N–H and O–H groups in total. The number of alkyl halides is 3. The first-order valence-electron chi connectivity index (χ1n) is 9.24. The van der Waals surface area contributed by atoms with Gasteiger partial charge in [-0.05, 0) is 48.7 Å². The number of hydrogen-bond donors (Lipinski definition) is 3. The molecular formula is C20H15ClF3N7OS. The van der Waals surface area contributed by atoms with Crippen molar-refractivity contribution in [1.29, 1.82) is 0 Å². The Kier molecular flexibility index (Phi) is 6.29. The van der Waals surface area contributed by atoms with Crippen molar-refractivity contribution in [2.24, 2.45) is 0 Å².